The monoisotopic (exact) mass is 405 g/mol. The van der Waals surface area contributed by atoms with Crippen LogP contribution < -0.4 is 0 Å². The molecule has 144 valence electrons. The fraction of sp³-hybridized carbons (Fsp3) is 0.312. The predicted molar refractivity (Wildman–Crippen MR) is 86.0 cm³/mol. The molecule has 0 atom stereocenters. The molecule has 2 aromatic heterocycles. The normalized spacial score (nSPS) is 16.2. The highest BCUT2D eigenvalue weighted by Gasteiger charge is 2.50. The van der Waals surface area contributed by atoms with Crippen LogP contribution in [0, 0.1) is 6.92 Å². The van der Waals surface area contributed by atoms with Gasteiger partial charge < -0.3 is 0 Å². The number of fused-ring (bicyclic) bond motifs is 1. The summed E-state index contributed by atoms with van der Waals surface area (Å²) in [5.41, 5.74) is -4.11. The molecule has 1 aliphatic heterocycles. The van der Waals surface area contributed by atoms with E-state index < -0.39 is 55.2 Å². The van der Waals surface area contributed by atoms with Gasteiger partial charge in [-0.25, -0.2) is 13.4 Å². The van der Waals surface area contributed by atoms with E-state index in [2.05, 4.69) is 15.0 Å². The van der Waals surface area contributed by atoms with E-state index in [-0.39, 0.29) is 11.9 Å². The molecule has 0 aliphatic carbocycles. The number of alkyl halides is 5. The summed E-state index contributed by atoms with van der Waals surface area (Å²) in [6.07, 6.45) is -3.31. The number of aliphatic imine (C=N–C) groups is 1. The van der Waals surface area contributed by atoms with Gasteiger partial charge in [0, 0.05) is 12.4 Å². The van der Waals surface area contributed by atoms with Gasteiger partial charge in [-0.15, -0.1) is 0 Å². The number of hydrogen-bond donors (Lipinski definition) is 0. The Morgan fingerprint density at radius 1 is 1.11 bits per heavy atom. The topological polar surface area (TPSA) is 72.3 Å². The molecule has 0 N–H and O–H groups in total. The molecule has 27 heavy (non-hydrogen) atoms. The molecule has 0 bridgehead atoms. The number of aromatic nitrogens is 2. The fourth-order valence-electron chi connectivity index (χ4n) is 2.55. The Bertz CT molecular complexity index is 1060. The Labute approximate surface area is 150 Å². The van der Waals surface area contributed by atoms with Crippen molar-refractivity contribution in [3.63, 3.8) is 0 Å². The third-order valence-electron chi connectivity index (χ3n) is 3.95. The van der Waals surface area contributed by atoms with Gasteiger partial charge in [0.2, 0.25) is 0 Å². The average Bonchev–Trinajstić information content (AvgIpc) is 2.84. The first-order valence-corrected chi connectivity index (χ1v) is 9.27. The molecular formula is C16H12F5N3O2S. The Morgan fingerprint density at radius 3 is 2.37 bits per heavy atom. The predicted octanol–water partition coefficient (Wildman–Crippen LogP) is 3.82. The SMILES string of the molecule is CCS(=O)(=O)c1cc(C)cnc1C1=Nc2cc(C(F)(F)F)cnc2C1(F)F. The fourth-order valence-corrected chi connectivity index (χ4v) is 3.67. The van der Waals surface area contributed by atoms with Gasteiger partial charge in [0.25, 0.3) is 0 Å². The summed E-state index contributed by atoms with van der Waals surface area (Å²) in [5.74, 6) is -4.26. The lowest BCUT2D eigenvalue weighted by Gasteiger charge is -2.15. The van der Waals surface area contributed by atoms with Gasteiger partial charge in [-0.1, -0.05) is 6.92 Å². The summed E-state index contributed by atoms with van der Waals surface area (Å²) in [6.45, 7) is 2.87. The smallest absolute Gasteiger partial charge is 0.253 e. The molecule has 0 unspecified atom stereocenters. The number of halogens is 5. The first-order chi connectivity index (χ1) is 12.4. The molecule has 0 saturated heterocycles. The van der Waals surface area contributed by atoms with Gasteiger partial charge in [0.15, 0.2) is 9.84 Å². The van der Waals surface area contributed by atoms with Crippen LogP contribution in [-0.4, -0.2) is 29.9 Å². The van der Waals surface area contributed by atoms with Crippen LogP contribution in [-0.2, 0) is 21.9 Å². The maximum Gasteiger partial charge on any atom is 0.417 e. The highest BCUT2D eigenvalue weighted by atomic mass is 32.2. The van der Waals surface area contributed by atoms with Crippen molar-refractivity contribution in [3.8, 4) is 0 Å². The van der Waals surface area contributed by atoms with E-state index in [4.69, 9.17) is 0 Å². The highest BCUT2D eigenvalue weighted by molar-refractivity contribution is 7.91. The molecule has 0 amide bonds. The zero-order valence-corrected chi connectivity index (χ0v) is 14.8. The summed E-state index contributed by atoms with van der Waals surface area (Å²) in [6, 6.07) is 1.63. The van der Waals surface area contributed by atoms with E-state index in [0.717, 1.165) is 0 Å². The lowest BCUT2D eigenvalue weighted by molar-refractivity contribution is -0.137. The summed E-state index contributed by atoms with van der Waals surface area (Å²) in [7, 11) is -3.93. The lowest BCUT2D eigenvalue weighted by atomic mass is 10.1. The van der Waals surface area contributed by atoms with Gasteiger partial charge in [0.05, 0.1) is 21.9 Å². The molecule has 0 fully saturated rings. The molecule has 11 heteroatoms. The Kier molecular flexibility index (Phi) is 4.33. The van der Waals surface area contributed by atoms with Crippen molar-refractivity contribution in [1.29, 1.82) is 0 Å². The second kappa shape index (κ2) is 6.04. The van der Waals surface area contributed by atoms with E-state index in [9.17, 15) is 30.4 Å². The van der Waals surface area contributed by atoms with Gasteiger partial charge in [-0.3, -0.25) is 9.97 Å². The van der Waals surface area contributed by atoms with Crippen molar-refractivity contribution in [2.24, 2.45) is 4.99 Å². The second-order valence-corrected chi connectivity index (χ2v) is 8.13. The minimum absolute atomic E-state index is 0.289. The van der Waals surface area contributed by atoms with Crippen LogP contribution in [0.3, 0.4) is 0 Å². The molecule has 0 saturated carbocycles. The van der Waals surface area contributed by atoms with Crippen LogP contribution in [0.2, 0.25) is 0 Å². The van der Waals surface area contributed by atoms with E-state index in [0.29, 0.717) is 11.6 Å². The molecule has 0 radical (unpaired) electrons. The van der Waals surface area contributed by atoms with E-state index in [1.807, 2.05) is 0 Å². The Morgan fingerprint density at radius 2 is 1.78 bits per heavy atom. The molecule has 3 rings (SSSR count). The van der Waals surface area contributed by atoms with Crippen LogP contribution in [0.15, 0.2) is 34.4 Å². The van der Waals surface area contributed by atoms with E-state index in [1.54, 1.807) is 0 Å². The van der Waals surface area contributed by atoms with Crippen molar-refractivity contribution in [3.05, 3.63) is 47.0 Å². The highest BCUT2D eigenvalue weighted by Crippen LogP contribution is 2.45. The molecule has 0 aromatic carbocycles. The number of pyridine rings is 2. The van der Waals surface area contributed by atoms with Crippen molar-refractivity contribution in [2.45, 2.75) is 30.8 Å². The lowest BCUT2D eigenvalue weighted by Crippen LogP contribution is -2.27. The number of aryl methyl sites for hydroxylation is 1. The van der Waals surface area contributed by atoms with Crippen molar-refractivity contribution >= 4 is 21.2 Å². The van der Waals surface area contributed by atoms with Gasteiger partial charge in [-0.2, -0.15) is 22.0 Å². The number of sulfone groups is 1. The maximum absolute atomic E-state index is 14.8. The number of hydrogen-bond acceptors (Lipinski definition) is 5. The minimum atomic E-state index is -4.78. The van der Waals surface area contributed by atoms with Gasteiger partial charge in [0.1, 0.15) is 17.1 Å². The van der Waals surface area contributed by atoms with Gasteiger partial charge >= 0.3 is 12.1 Å². The third-order valence-corrected chi connectivity index (χ3v) is 5.69. The van der Waals surface area contributed by atoms with Crippen LogP contribution >= 0.6 is 0 Å². The van der Waals surface area contributed by atoms with Crippen molar-refractivity contribution < 1.29 is 30.4 Å². The van der Waals surface area contributed by atoms with Crippen LogP contribution in [0.4, 0.5) is 27.6 Å². The largest absolute Gasteiger partial charge is 0.417 e. The molecule has 1 aliphatic rings. The summed E-state index contributed by atoms with van der Waals surface area (Å²) >= 11 is 0. The summed E-state index contributed by atoms with van der Waals surface area (Å²) in [4.78, 5) is 10.1. The Hall–Kier alpha value is -2.43. The van der Waals surface area contributed by atoms with Crippen LogP contribution in [0.5, 0.6) is 0 Å². The third kappa shape index (κ3) is 3.20. The van der Waals surface area contributed by atoms with Crippen LogP contribution in [0.25, 0.3) is 0 Å². The maximum atomic E-state index is 14.8. The number of nitrogens with zero attached hydrogens (tertiary/aromatic N) is 3. The molecular weight excluding hydrogens is 393 g/mol. The van der Waals surface area contributed by atoms with E-state index in [1.165, 1.54) is 26.1 Å². The van der Waals surface area contributed by atoms with Crippen LogP contribution in [0.1, 0.15) is 29.4 Å². The second-order valence-electron chi connectivity index (χ2n) is 5.89. The average molecular weight is 405 g/mol. The quantitative estimate of drug-likeness (QED) is 0.728. The summed E-state index contributed by atoms with van der Waals surface area (Å²) < 4.78 is 92.6. The first-order valence-electron chi connectivity index (χ1n) is 7.62. The molecule has 3 heterocycles. The molecule has 2 aromatic rings. The molecule has 5 nitrogen and oxygen atoms in total. The molecule has 0 spiro atoms. The zero-order valence-electron chi connectivity index (χ0n) is 14.0. The number of rotatable bonds is 3. The zero-order chi connectivity index (χ0) is 20.2. The van der Waals surface area contributed by atoms with Crippen molar-refractivity contribution in [1.82, 2.24) is 9.97 Å². The summed E-state index contributed by atoms with van der Waals surface area (Å²) in [5, 5.41) is 0. The Balaban J connectivity index is 2.24. The standard InChI is InChI=1S/C16H12F5N3O2S/c1-3-27(25,26)11-4-8(2)6-22-12(11)14-15(17,18)13-10(24-14)5-9(7-23-13)16(19,20)21/h4-7H,3H2,1-2H3. The van der Waals surface area contributed by atoms with Gasteiger partial charge in [-0.05, 0) is 24.6 Å². The first kappa shape index (κ1) is 19.3. The van der Waals surface area contributed by atoms with Crippen molar-refractivity contribution in [2.75, 3.05) is 5.75 Å². The minimum Gasteiger partial charge on any atom is -0.253 e. The van der Waals surface area contributed by atoms with E-state index >= 15 is 0 Å².